The van der Waals surface area contributed by atoms with Gasteiger partial charge in [-0.15, -0.1) is 0 Å². The number of rotatable bonds is 8. The van der Waals surface area contributed by atoms with Gasteiger partial charge >= 0.3 is 17.7 Å². The molecule has 0 unspecified atom stereocenters. The number of amides is 1. The molecule has 9 heteroatoms. The summed E-state index contributed by atoms with van der Waals surface area (Å²) in [6, 6.07) is 12.6. The predicted molar refractivity (Wildman–Crippen MR) is 136 cm³/mol. The number of esters is 1. The number of ether oxygens (including phenoxy) is 3. The molecule has 1 atom stereocenters. The molecule has 0 spiro atoms. The van der Waals surface area contributed by atoms with Gasteiger partial charge in [-0.2, -0.15) is 11.8 Å². The van der Waals surface area contributed by atoms with E-state index in [4.69, 9.17) is 18.6 Å². The zero-order valence-electron chi connectivity index (χ0n) is 20.4. The number of fused-ring (bicyclic) bond motifs is 1. The monoisotopic (exact) mass is 499 g/mol. The van der Waals surface area contributed by atoms with E-state index in [0.717, 1.165) is 5.56 Å². The van der Waals surface area contributed by atoms with E-state index in [2.05, 4.69) is 5.32 Å². The first-order valence-corrected chi connectivity index (χ1v) is 12.4. The van der Waals surface area contributed by atoms with Crippen LogP contribution in [0.15, 0.2) is 57.7 Å². The van der Waals surface area contributed by atoms with Crippen molar-refractivity contribution in [3.8, 4) is 22.6 Å². The van der Waals surface area contributed by atoms with E-state index >= 15 is 0 Å². The Hall–Kier alpha value is -3.46. The van der Waals surface area contributed by atoms with Crippen LogP contribution >= 0.6 is 11.8 Å². The van der Waals surface area contributed by atoms with E-state index in [1.165, 1.54) is 12.1 Å². The van der Waals surface area contributed by atoms with Crippen molar-refractivity contribution in [3.63, 3.8) is 0 Å². The summed E-state index contributed by atoms with van der Waals surface area (Å²) in [6.45, 7) is 5.22. The van der Waals surface area contributed by atoms with Crippen LogP contribution in [0.25, 0.3) is 22.1 Å². The summed E-state index contributed by atoms with van der Waals surface area (Å²) in [7, 11) is 1.58. The third-order valence-electron chi connectivity index (χ3n) is 4.92. The SMILES string of the molecule is COc1ccc(-c2cc(=O)oc3cc(OC(=O)[C@@H](CCSC)NC(=O)OC(C)(C)C)ccc23)cc1. The molecule has 3 rings (SSSR count). The normalized spacial score (nSPS) is 12.1. The molecule has 35 heavy (non-hydrogen) atoms. The minimum atomic E-state index is -0.898. The fraction of sp³-hybridized carbons (Fsp3) is 0.346. The van der Waals surface area contributed by atoms with Gasteiger partial charge in [-0.05, 0) is 74.6 Å². The quantitative estimate of drug-likeness (QED) is 0.262. The topological polar surface area (TPSA) is 104 Å². The Morgan fingerprint density at radius 2 is 1.74 bits per heavy atom. The smallest absolute Gasteiger partial charge is 0.408 e. The predicted octanol–water partition coefficient (Wildman–Crippen LogP) is 5.02. The largest absolute Gasteiger partial charge is 0.497 e. The highest BCUT2D eigenvalue weighted by Crippen LogP contribution is 2.31. The molecule has 0 radical (unpaired) electrons. The first-order valence-electron chi connectivity index (χ1n) is 11.0. The summed E-state index contributed by atoms with van der Waals surface area (Å²) >= 11 is 1.54. The van der Waals surface area contributed by atoms with Gasteiger partial charge in [-0.25, -0.2) is 14.4 Å². The van der Waals surface area contributed by atoms with Gasteiger partial charge < -0.3 is 23.9 Å². The van der Waals surface area contributed by atoms with Crippen LogP contribution in [0, 0.1) is 0 Å². The second-order valence-electron chi connectivity index (χ2n) is 8.77. The average Bonchev–Trinajstić information content (AvgIpc) is 2.79. The Kier molecular flexibility index (Phi) is 8.45. The molecular weight excluding hydrogens is 470 g/mol. The first-order chi connectivity index (χ1) is 16.6. The van der Waals surface area contributed by atoms with Crippen LogP contribution in [-0.2, 0) is 9.53 Å². The lowest BCUT2D eigenvalue weighted by atomic mass is 10.0. The lowest BCUT2D eigenvalue weighted by molar-refractivity contribution is -0.136. The number of benzene rings is 2. The number of hydrogen-bond donors (Lipinski definition) is 1. The molecule has 1 aromatic heterocycles. The Bertz CT molecular complexity index is 1250. The summed E-state index contributed by atoms with van der Waals surface area (Å²) in [5.41, 5.74) is 0.536. The van der Waals surface area contributed by atoms with Gasteiger partial charge in [-0.1, -0.05) is 12.1 Å². The van der Waals surface area contributed by atoms with E-state index < -0.39 is 29.3 Å². The fourth-order valence-electron chi connectivity index (χ4n) is 3.34. The lowest BCUT2D eigenvalue weighted by Gasteiger charge is -2.22. The number of carbonyl (C=O) groups excluding carboxylic acids is 2. The molecule has 1 N–H and O–H groups in total. The van der Waals surface area contributed by atoms with Crippen molar-refractivity contribution in [3.05, 3.63) is 59.0 Å². The highest BCUT2D eigenvalue weighted by Gasteiger charge is 2.26. The maximum Gasteiger partial charge on any atom is 0.408 e. The molecule has 0 fully saturated rings. The van der Waals surface area contributed by atoms with Crippen LogP contribution in [0.3, 0.4) is 0 Å². The van der Waals surface area contributed by atoms with Gasteiger partial charge in [0, 0.05) is 17.5 Å². The number of methoxy groups -OCH3 is 1. The molecule has 2 aromatic carbocycles. The maximum atomic E-state index is 12.9. The molecule has 0 saturated heterocycles. The van der Waals surface area contributed by atoms with Gasteiger partial charge in [0.25, 0.3) is 0 Å². The van der Waals surface area contributed by atoms with Crippen LogP contribution in [0.2, 0.25) is 0 Å². The van der Waals surface area contributed by atoms with Gasteiger partial charge in [0.2, 0.25) is 0 Å². The summed E-state index contributed by atoms with van der Waals surface area (Å²) in [6.07, 6.45) is 1.57. The Morgan fingerprint density at radius 1 is 1.06 bits per heavy atom. The Balaban J connectivity index is 1.85. The number of alkyl carbamates (subject to hydrolysis) is 1. The number of carbonyl (C=O) groups is 2. The number of hydrogen-bond acceptors (Lipinski definition) is 8. The zero-order valence-corrected chi connectivity index (χ0v) is 21.2. The molecule has 0 aliphatic heterocycles. The molecule has 0 bridgehead atoms. The van der Waals surface area contributed by atoms with Gasteiger partial charge in [-0.3, -0.25) is 0 Å². The molecular formula is C26H29NO7S. The maximum absolute atomic E-state index is 12.9. The average molecular weight is 500 g/mol. The first kappa shape index (κ1) is 26.2. The molecule has 0 aliphatic carbocycles. The second-order valence-corrected chi connectivity index (χ2v) is 9.75. The Labute approximate surface area is 207 Å². The molecule has 1 amide bonds. The van der Waals surface area contributed by atoms with Crippen LogP contribution < -0.4 is 20.4 Å². The lowest BCUT2D eigenvalue weighted by Crippen LogP contribution is -2.45. The van der Waals surface area contributed by atoms with E-state index in [1.54, 1.807) is 63.9 Å². The van der Waals surface area contributed by atoms with Crippen molar-refractivity contribution in [1.29, 1.82) is 0 Å². The molecule has 1 heterocycles. The van der Waals surface area contributed by atoms with Crippen LogP contribution in [0.1, 0.15) is 27.2 Å². The van der Waals surface area contributed by atoms with E-state index in [-0.39, 0.29) is 11.3 Å². The fourth-order valence-corrected chi connectivity index (χ4v) is 3.81. The van der Waals surface area contributed by atoms with E-state index in [9.17, 15) is 14.4 Å². The minimum absolute atomic E-state index is 0.192. The van der Waals surface area contributed by atoms with Crippen molar-refractivity contribution in [2.45, 2.75) is 38.8 Å². The van der Waals surface area contributed by atoms with Crippen molar-refractivity contribution in [1.82, 2.24) is 5.32 Å². The van der Waals surface area contributed by atoms with Crippen molar-refractivity contribution >= 4 is 34.8 Å². The van der Waals surface area contributed by atoms with Gasteiger partial charge in [0.15, 0.2) is 0 Å². The van der Waals surface area contributed by atoms with Gasteiger partial charge in [0.05, 0.1) is 7.11 Å². The standard InChI is InChI=1S/C26H29NO7S/c1-26(2,3)34-25(30)27-21(12-13-35-5)24(29)32-18-10-11-19-20(15-23(28)33-22(19)14-18)16-6-8-17(31-4)9-7-16/h6-11,14-15,21H,12-13H2,1-5H3,(H,27,30)/t21-/m1/s1. The van der Waals surface area contributed by atoms with E-state index in [0.29, 0.717) is 28.9 Å². The zero-order chi connectivity index (χ0) is 25.6. The Morgan fingerprint density at radius 3 is 2.37 bits per heavy atom. The van der Waals surface area contributed by atoms with Crippen molar-refractivity contribution in [2.75, 3.05) is 19.1 Å². The summed E-state index contributed by atoms with van der Waals surface area (Å²) in [5, 5.41) is 3.26. The molecule has 186 valence electrons. The molecule has 3 aromatic rings. The van der Waals surface area contributed by atoms with Crippen LogP contribution in [0.5, 0.6) is 11.5 Å². The molecule has 8 nitrogen and oxygen atoms in total. The number of thioether (sulfide) groups is 1. The minimum Gasteiger partial charge on any atom is -0.497 e. The van der Waals surface area contributed by atoms with Crippen LogP contribution in [-0.4, -0.2) is 42.8 Å². The highest BCUT2D eigenvalue weighted by atomic mass is 32.2. The number of nitrogens with one attached hydrogen (secondary N) is 1. The highest BCUT2D eigenvalue weighted by molar-refractivity contribution is 7.98. The molecule has 0 aliphatic rings. The summed E-state index contributed by atoms with van der Waals surface area (Å²) in [5.74, 6) is 0.884. The van der Waals surface area contributed by atoms with Gasteiger partial charge in [0.1, 0.15) is 28.7 Å². The summed E-state index contributed by atoms with van der Waals surface area (Å²) in [4.78, 5) is 37.3. The third-order valence-corrected chi connectivity index (χ3v) is 5.57. The third kappa shape index (κ3) is 7.26. The van der Waals surface area contributed by atoms with Crippen molar-refractivity contribution < 1.29 is 28.2 Å². The molecule has 0 saturated carbocycles. The van der Waals surface area contributed by atoms with Crippen LogP contribution in [0.4, 0.5) is 4.79 Å². The summed E-state index contributed by atoms with van der Waals surface area (Å²) < 4.78 is 21.4. The van der Waals surface area contributed by atoms with Crippen molar-refractivity contribution in [2.24, 2.45) is 0 Å². The second kappa shape index (κ2) is 11.3. The van der Waals surface area contributed by atoms with E-state index in [1.807, 2.05) is 18.4 Å².